The Balaban J connectivity index is 1.80. The average Bonchev–Trinajstić information content (AvgIpc) is 2.65. The summed E-state index contributed by atoms with van der Waals surface area (Å²) in [5.41, 5.74) is 1.47. The summed E-state index contributed by atoms with van der Waals surface area (Å²) in [6.07, 6.45) is 0. The van der Waals surface area contributed by atoms with Crippen LogP contribution in [0, 0.1) is 0 Å². The van der Waals surface area contributed by atoms with Gasteiger partial charge in [0.1, 0.15) is 11.5 Å². The Bertz CT molecular complexity index is 778. The molecule has 6 nitrogen and oxygen atoms in total. The van der Waals surface area contributed by atoms with Crippen LogP contribution < -0.4 is 14.8 Å². The molecule has 6 heteroatoms. The first-order valence-corrected chi connectivity index (χ1v) is 8.61. The van der Waals surface area contributed by atoms with Crippen molar-refractivity contribution in [1.82, 2.24) is 0 Å². The van der Waals surface area contributed by atoms with E-state index in [1.165, 1.54) is 0 Å². The summed E-state index contributed by atoms with van der Waals surface area (Å²) in [7, 11) is 1.56. The number of esters is 1. The number of anilines is 1. The molecule has 0 radical (unpaired) electrons. The third-order valence-electron chi connectivity index (χ3n) is 3.78. The molecule has 1 N–H and O–H groups in total. The summed E-state index contributed by atoms with van der Waals surface area (Å²) in [6.45, 7) is 5.56. The summed E-state index contributed by atoms with van der Waals surface area (Å²) in [5.74, 6) is 0.281. The van der Waals surface area contributed by atoms with E-state index in [-0.39, 0.29) is 18.6 Å². The number of rotatable bonds is 7. The molecule has 0 aliphatic carbocycles. The number of amides is 1. The number of hydrogen-bond donors (Lipinski definition) is 1. The molecule has 1 amide bonds. The van der Waals surface area contributed by atoms with Crippen LogP contribution in [0.4, 0.5) is 5.69 Å². The van der Waals surface area contributed by atoms with Gasteiger partial charge in [0.05, 0.1) is 7.11 Å². The second-order valence-corrected chi connectivity index (χ2v) is 6.97. The van der Waals surface area contributed by atoms with Crippen molar-refractivity contribution in [3.8, 4) is 11.5 Å². The minimum absolute atomic E-state index is 0.112. The quantitative estimate of drug-likeness (QED) is 0.754. The van der Waals surface area contributed by atoms with Gasteiger partial charge in [-0.25, -0.2) is 4.79 Å². The Morgan fingerprint density at radius 2 is 1.63 bits per heavy atom. The normalized spacial score (nSPS) is 10.8. The zero-order valence-electron chi connectivity index (χ0n) is 16.1. The van der Waals surface area contributed by atoms with Crippen LogP contribution in [0.2, 0.25) is 0 Å². The fourth-order valence-electron chi connectivity index (χ4n) is 2.41. The van der Waals surface area contributed by atoms with Crippen molar-refractivity contribution < 1.29 is 23.8 Å². The van der Waals surface area contributed by atoms with Crippen LogP contribution in [0.3, 0.4) is 0 Å². The highest BCUT2D eigenvalue weighted by Gasteiger charge is 2.19. The maximum atomic E-state index is 11.9. The molecular weight excluding hydrogens is 346 g/mol. The Kier molecular flexibility index (Phi) is 6.82. The van der Waals surface area contributed by atoms with Crippen LogP contribution in [0.5, 0.6) is 11.5 Å². The molecule has 2 aromatic carbocycles. The monoisotopic (exact) mass is 371 g/mol. The lowest BCUT2D eigenvalue weighted by Crippen LogP contribution is -2.24. The zero-order valence-corrected chi connectivity index (χ0v) is 16.1. The molecular formula is C21H25NO5. The third-order valence-corrected chi connectivity index (χ3v) is 3.78. The van der Waals surface area contributed by atoms with Gasteiger partial charge in [0.25, 0.3) is 5.91 Å². The van der Waals surface area contributed by atoms with Gasteiger partial charge in [0.2, 0.25) is 0 Å². The lowest BCUT2D eigenvalue weighted by Gasteiger charge is -2.22. The van der Waals surface area contributed by atoms with Gasteiger partial charge in [-0.05, 0) is 41.3 Å². The number of hydrogen-bond acceptors (Lipinski definition) is 5. The molecule has 2 rings (SSSR count). The molecule has 0 unspecified atom stereocenters. The Labute approximate surface area is 159 Å². The molecule has 0 aliphatic heterocycles. The van der Waals surface area contributed by atoms with Gasteiger partial charge in [-0.3, -0.25) is 4.79 Å². The van der Waals surface area contributed by atoms with E-state index in [0.717, 1.165) is 5.56 Å². The minimum Gasteiger partial charge on any atom is -0.497 e. The van der Waals surface area contributed by atoms with Crippen molar-refractivity contribution in [2.45, 2.75) is 26.2 Å². The van der Waals surface area contributed by atoms with Gasteiger partial charge in [0.15, 0.2) is 13.2 Å². The highest BCUT2D eigenvalue weighted by molar-refractivity contribution is 5.92. The summed E-state index contributed by atoms with van der Waals surface area (Å²) in [4.78, 5) is 23.7. The summed E-state index contributed by atoms with van der Waals surface area (Å²) in [6, 6.07) is 14.4. The van der Waals surface area contributed by atoms with E-state index >= 15 is 0 Å². The van der Waals surface area contributed by atoms with E-state index < -0.39 is 11.9 Å². The van der Waals surface area contributed by atoms with Crippen LogP contribution in [0.15, 0.2) is 48.5 Å². The number of carbonyl (C=O) groups excluding carboxylic acids is 2. The maximum absolute atomic E-state index is 11.9. The molecule has 0 saturated carbocycles. The second-order valence-electron chi connectivity index (χ2n) is 6.97. The van der Waals surface area contributed by atoms with Gasteiger partial charge in [0, 0.05) is 5.69 Å². The molecule has 144 valence electrons. The molecule has 0 saturated heterocycles. The van der Waals surface area contributed by atoms with Crippen molar-refractivity contribution >= 4 is 17.6 Å². The maximum Gasteiger partial charge on any atom is 0.344 e. The predicted molar refractivity (Wildman–Crippen MR) is 103 cm³/mol. The standard InChI is InChI=1S/C21H25NO5/c1-21(2,3)17-7-5-6-8-18(17)26-14-20(24)27-13-19(23)22-15-9-11-16(25-4)12-10-15/h5-12H,13-14H2,1-4H3,(H,22,23). The summed E-state index contributed by atoms with van der Waals surface area (Å²) >= 11 is 0. The van der Waals surface area contributed by atoms with Crippen molar-refractivity contribution in [2.75, 3.05) is 25.6 Å². The van der Waals surface area contributed by atoms with E-state index in [2.05, 4.69) is 26.1 Å². The summed E-state index contributed by atoms with van der Waals surface area (Å²) in [5, 5.41) is 2.64. The van der Waals surface area contributed by atoms with Crippen molar-refractivity contribution in [1.29, 1.82) is 0 Å². The number of methoxy groups -OCH3 is 1. The predicted octanol–water partition coefficient (Wildman–Crippen LogP) is 3.55. The highest BCUT2D eigenvalue weighted by Crippen LogP contribution is 2.30. The van der Waals surface area contributed by atoms with E-state index in [1.54, 1.807) is 31.4 Å². The Hall–Kier alpha value is -3.02. The smallest absolute Gasteiger partial charge is 0.344 e. The first-order chi connectivity index (χ1) is 12.8. The Morgan fingerprint density at radius 1 is 0.963 bits per heavy atom. The molecule has 0 atom stereocenters. The largest absolute Gasteiger partial charge is 0.497 e. The van der Waals surface area contributed by atoms with Crippen molar-refractivity contribution in [3.63, 3.8) is 0 Å². The van der Waals surface area contributed by atoms with Gasteiger partial charge >= 0.3 is 5.97 Å². The van der Waals surface area contributed by atoms with Gasteiger partial charge < -0.3 is 19.5 Å². The first-order valence-electron chi connectivity index (χ1n) is 8.61. The minimum atomic E-state index is -0.608. The fourth-order valence-corrected chi connectivity index (χ4v) is 2.41. The van der Waals surface area contributed by atoms with Gasteiger partial charge in [-0.1, -0.05) is 39.0 Å². The number of nitrogens with one attached hydrogen (secondary N) is 1. The first kappa shape index (κ1) is 20.3. The second kappa shape index (κ2) is 9.07. The van der Waals surface area contributed by atoms with E-state index in [0.29, 0.717) is 17.2 Å². The van der Waals surface area contributed by atoms with Gasteiger partial charge in [-0.2, -0.15) is 0 Å². The van der Waals surface area contributed by atoms with Crippen LogP contribution in [-0.4, -0.2) is 32.2 Å². The SMILES string of the molecule is COc1ccc(NC(=O)COC(=O)COc2ccccc2C(C)(C)C)cc1. The number of ether oxygens (including phenoxy) is 3. The molecule has 0 spiro atoms. The fraction of sp³-hybridized carbons (Fsp3) is 0.333. The molecule has 0 bridgehead atoms. The van der Waals surface area contributed by atoms with Crippen molar-refractivity contribution in [3.05, 3.63) is 54.1 Å². The van der Waals surface area contributed by atoms with Crippen LogP contribution in [0.25, 0.3) is 0 Å². The third kappa shape index (κ3) is 6.33. The zero-order chi connectivity index (χ0) is 19.9. The van der Waals surface area contributed by atoms with E-state index in [1.807, 2.05) is 24.3 Å². The molecule has 0 fully saturated rings. The Morgan fingerprint density at radius 3 is 2.26 bits per heavy atom. The number of para-hydroxylation sites is 1. The molecule has 0 aromatic heterocycles. The topological polar surface area (TPSA) is 73.9 Å². The average molecular weight is 371 g/mol. The number of carbonyl (C=O) groups is 2. The molecule has 27 heavy (non-hydrogen) atoms. The lowest BCUT2D eigenvalue weighted by molar-refractivity contribution is -0.149. The molecule has 0 aliphatic rings. The van der Waals surface area contributed by atoms with Gasteiger partial charge in [-0.15, -0.1) is 0 Å². The van der Waals surface area contributed by atoms with Crippen LogP contribution >= 0.6 is 0 Å². The number of benzene rings is 2. The van der Waals surface area contributed by atoms with Crippen LogP contribution in [0.1, 0.15) is 26.3 Å². The van der Waals surface area contributed by atoms with E-state index in [4.69, 9.17) is 14.2 Å². The molecule has 0 heterocycles. The summed E-state index contributed by atoms with van der Waals surface area (Å²) < 4.78 is 15.6. The van der Waals surface area contributed by atoms with E-state index in [9.17, 15) is 9.59 Å². The van der Waals surface area contributed by atoms with Crippen LogP contribution in [-0.2, 0) is 19.7 Å². The molecule has 2 aromatic rings. The van der Waals surface area contributed by atoms with Crippen molar-refractivity contribution in [2.24, 2.45) is 0 Å². The highest BCUT2D eigenvalue weighted by atomic mass is 16.6. The lowest BCUT2D eigenvalue weighted by atomic mass is 9.86.